The van der Waals surface area contributed by atoms with Crippen molar-refractivity contribution in [3.05, 3.63) is 30.5 Å². The van der Waals surface area contributed by atoms with Crippen LogP contribution in [0.25, 0.3) is 5.78 Å². The summed E-state index contributed by atoms with van der Waals surface area (Å²) >= 11 is 0. The number of fused-ring (bicyclic) bond motifs is 1. The van der Waals surface area contributed by atoms with E-state index in [0.717, 1.165) is 31.0 Å². The summed E-state index contributed by atoms with van der Waals surface area (Å²) in [5.74, 6) is 1.50. The molecule has 0 saturated carbocycles. The number of nitrogens with zero attached hydrogens (tertiary/aromatic N) is 7. The van der Waals surface area contributed by atoms with E-state index >= 15 is 0 Å². The van der Waals surface area contributed by atoms with Gasteiger partial charge in [0.2, 0.25) is 0 Å². The maximum atomic E-state index is 4.39. The summed E-state index contributed by atoms with van der Waals surface area (Å²) in [7, 11) is 0. The van der Waals surface area contributed by atoms with Crippen molar-refractivity contribution in [1.29, 1.82) is 0 Å². The molecule has 3 rings (SSSR count). The van der Waals surface area contributed by atoms with Gasteiger partial charge in [0.25, 0.3) is 5.78 Å². The van der Waals surface area contributed by atoms with Crippen LogP contribution in [0.3, 0.4) is 0 Å². The summed E-state index contributed by atoms with van der Waals surface area (Å²) in [6.45, 7) is 3.53. The van der Waals surface area contributed by atoms with E-state index in [4.69, 9.17) is 0 Å². The largest absolute Gasteiger partial charge is 0.368 e. The molecule has 3 aromatic heterocycles. The standard InChI is InChI=1S/C11H14N8/c1-2-9-7-10(19-11(16-9)13-8-15-19)12-3-5-18-6-4-14-17-18/h4,6-8,12H,2-3,5H2,1H3. The Kier molecular flexibility index (Phi) is 3.05. The van der Waals surface area contributed by atoms with E-state index < -0.39 is 0 Å². The van der Waals surface area contributed by atoms with Crippen LogP contribution < -0.4 is 5.32 Å². The van der Waals surface area contributed by atoms with Crippen LogP contribution in [0.5, 0.6) is 0 Å². The first-order chi connectivity index (χ1) is 9.36. The van der Waals surface area contributed by atoms with Crippen molar-refractivity contribution in [3.8, 4) is 0 Å². The molecule has 8 nitrogen and oxygen atoms in total. The van der Waals surface area contributed by atoms with Crippen molar-refractivity contribution < 1.29 is 0 Å². The predicted octanol–water partition coefficient (Wildman–Crippen LogP) is 0.390. The van der Waals surface area contributed by atoms with E-state index in [1.807, 2.05) is 12.3 Å². The van der Waals surface area contributed by atoms with Gasteiger partial charge in [-0.05, 0) is 6.42 Å². The molecule has 0 unspecified atom stereocenters. The average molecular weight is 258 g/mol. The van der Waals surface area contributed by atoms with Crippen molar-refractivity contribution in [1.82, 2.24) is 34.6 Å². The third-order valence-corrected chi connectivity index (χ3v) is 2.79. The highest BCUT2D eigenvalue weighted by molar-refractivity contribution is 5.44. The normalized spacial score (nSPS) is 11.0. The van der Waals surface area contributed by atoms with E-state index in [1.165, 1.54) is 6.33 Å². The minimum absolute atomic E-state index is 0.614. The lowest BCUT2D eigenvalue weighted by Gasteiger charge is -2.09. The first kappa shape index (κ1) is 11.6. The number of aryl methyl sites for hydroxylation is 1. The third-order valence-electron chi connectivity index (χ3n) is 2.79. The predicted molar refractivity (Wildman–Crippen MR) is 68.7 cm³/mol. The smallest absolute Gasteiger partial charge is 0.254 e. The number of anilines is 1. The van der Waals surface area contributed by atoms with E-state index in [0.29, 0.717) is 5.78 Å². The average Bonchev–Trinajstić information content (AvgIpc) is 3.08. The molecule has 0 aliphatic rings. The highest BCUT2D eigenvalue weighted by Gasteiger charge is 2.06. The van der Waals surface area contributed by atoms with Gasteiger partial charge in [-0.2, -0.15) is 14.6 Å². The summed E-state index contributed by atoms with van der Waals surface area (Å²) in [5, 5.41) is 15.2. The molecular formula is C11H14N8. The van der Waals surface area contributed by atoms with Gasteiger partial charge >= 0.3 is 0 Å². The van der Waals surface area contributed by atoms with Gasteiger partial charge in [0.15, 0.2) is 0 Å². The lowest BCUT2D eigenvalue weighted by molar-refractivity contribution is 0.607. The number of rotatable bonds is 5. The van der Waals surface area contributed by atoms with Gasteiger partial charge in [-0.15, -0.1) is 5.10 Å². The van der Waals surface area contributed by atoms with Gasteiger partial charge in [0.1, 0.15) is 12.1 Å². The Morgan fingerprint density at radius 3 is 3.11 bits per heavy atom. The molecule has 0 aromatic carbocycles. The molecular weight excluding hydrogens is 244 g/mol. The molecule has 0 radical (unpaired) electrons. The minimum atomic E-state index is 0.614. The van der Waals surface area contributed by atoms with Gasteiger partial charge < -0.3 is 5.32 Å². The van der Waals surface area contributed by atoms with E-state index in [1.54, 1.807) is 15.4 Å². The second-order valence-electron chi connectivity index (χ2n) is 4.05. The lowest BCUT2D eigenvalue weighted by atomic mass is 10.3. The van der Waals surface area contributed by atoms with Crippen LogP contribution in [-0.2, 0) is 13.0 Å². The van der Waals surface area contributed by atoms with Gasteiger partial charge in [-0.1, -0.05) is 12.1 Å². The minimum Gasteiger partial charge on any atom is -0.368 e. The second-order valence-corrected chi connectivity index (χ2v) is 4.05. The van der Waals surface area contributed by atoms with E-state index in [2.05, 4.69) is 37.6 Å². The van der Waals surface area contributed by atoms with Crippen LogP contribution in [0.15, 0.2) is 24.8 Å². The molecule has 0 amide bonds. The number of nitrogens with one attached hydrogen (secondary N) is 1. The molecule has 0 aliphatic carbocycles. The van der Waals surface area contributed by atoms with Gasteiger partial charge in [-0.3, -0.25) is 4.68 Å². The Hall–Kier alpha value is -2.51. The first-order valence-corrected chi connectivity index (χ1v) is 6.14. The topological polar surface area (TPSA) is 85.8 Å². The molecule has 0 aliphatic heterocycles. The maximum Gasteiger partial charge on any atom is 0.254 e. The van der Waals surface area contributed by atoms with Crippen LogP contribution >= 0.6 is 0 Å². The number of aromatic nitrogens is 7. The zero-order chi connectivity index (χ0) is 13.1. The molecule has 0 spiro atoms. The Labute approximate surface area is 109 Å². The summed E-state index contributed by atoms with van der Waals surface area (Å²) in [6, 6.07) is 1.99. The van der Waals surface area contributed by atoms with Gasteiger partial charge in [0, 0.05) is 24.5 Å². The Balaban J connectivity index is 1.77. The Morgan fingerprint density at radius 2 is 2.32 bits per heavy atom. The molecule has 0 fully saturated rings. The number of hydrogen-bond donors (Lipinski definition) is 1. The quantitative estimate of drug-likeness (QED) is 0.712. The molecule has 0 bridgehead atoms. The Bertz CT molecular complexity index is 656. The zero-order valence-corrected chi connectivity index (χ0v) is 10.6. The Morgan fingerprint density at radius 1 is 1.37 bits per heavy atom. The van der Waals surface area contributed by atoms with E-state index in [9.17, 15) is 0 Å². The van der Waals surface area contributed by atoms with Crippen molar-refractivity contribution in [2.45, 2.75) is 19.9 Å². The van der Waals surface area contributed by atoms with Crippen molar-refractivity contribution in [3.63, 3.8) is 0 Å². The first-order valence-electron chi connectivity index (χ1n) is 6.14. The maximum absolute atomic E-state index is 4.39. The SMILES string of the molecule is CCc1cc(NCCn2ccnn2)n2ncnc2n1. The summed E-state index contributed by atoms with van der Waals surface area (Å²) in [4.78, 5) is 8.51. The van der Waals surface area contributed by atoms with Crippen LogP contribution in [-0.4, -0.2) is 41.1 Å². The lowest BCUT2D eigenvalue weighted by Crippen LogP contribution is -2.14. The molecule has 98 valence electrons. The zero-order valence-electron chi connectivity index (χ0n) is 10.6. The third kappa shape index (κ3) is 2.37. The molecule has 0 saturated heterocycles. The van der Waals surface area contributed by atoms with Crippen molar-refractivity contribution in [2.24, 2.45) is 0 Å². The summed E-state index contributed by atoms with van der Waals surface area (Å²) in [5.41, 5.74) is 0.990. The van der Waals surface area contributed by atoms with Crippen LogP contribution in [0, 0.1) is 0 Å². The fourth-order valence-electron chi connectivity index (χ4n) is 1.82. The monoisotopic (exact) mass is 258 g/mol. The fourth-order valence-corrected chi connectivity index (χ4v) is 1.82. The fraction of sp³-hybridized carbons (Fsp3) is 0.364. The molecule has 3 heterocycles. The van der Waals surface area contributed by atoms with Crippen LogP contribution in [0.4, 0.5) is 5.82 Å². The molecule has 8 heteroatoms. The molecule has 19 heavy (non-hydrogen) atoms. The van der Waals surface area contributed by atoms with Gasteiger partial charge in [0.05, 0.1) is 12.7 Å². The summed E-state index contributed by atoms with van der Waals surface area (Å²) in [6.07, 6.45) is 5.86. The molecule has 0 atom stereocenters. The van der Waals surface area contributed by atoms with Crippen LogP contribution in [0.1, 0.15) is 12.6 Å². The molecule has 3 aromatic rings. The number of hydrogen-bond acceptors (Lipinski definition) is 6. The van der Waals surface area contributed by atoms with Crippen molar-refractivity contribution >= 4 is 11.6 Å². The highest BCUT2D eigenvalue weighted by Crippen LogP contribution is 2.10. The van der Waals surface area contributed by atoms with Crippen molar-refractivity contribution in [2.75, 3.05) is 11.9 Å². The second kappa shape index (κ2) is 5.01. The van der Waals surface area contributed by atoms with E-state index in [-0.39, 0.29) is 0 Å². The highest BCUT2D eigenvalue weighted by atomic mass is 15.4. The molecule has 1 N–H and O–H groups in total. The summed E-state index contributed by atoms with van der Waals surface area (Å²) < 4.78 is 3.47. The van der Waals surface area contributed by atoms with Crippen LogP contribution in [0.2, 0.25) is 0 Å². The van der Waals surface area contributed by atoms with Gasteiger partial charge in [-0.25, -0.2) is 4.98 Å².